The Bertz CT molecular complexity index is 961. The van der Waals surface area contributed by atoms with Gasteiger partial charge in [0.05, 0.1) is 0 Å². The first kappa shape index (κ1) is 32.4. The van der Waals surface area contributed by atoms with E-state index in [4.69, 9.17) is 0 Å². The largest absolute Gasteiger partial charge is 0.312 e. The molecule has 6 saturated heterocycles. The van der Waals surface area contributed by atoms with E-state index in [1.807, 2.05) is 0 Å². The zero-order chi connectivity index (χ0) is 31.6. The first-order valence-corrected chi connectivity index (χ1v) is 22.2. The molecule has 0 aromatic heterocycles. The fourth-order valence-electron chi connectivity index (χ4n) is 16.1. The fraction of sp³-hybridized carbons (Fsp3) is 1.00. The van der Waals surface area contributed by atoms with E-state index in [1.165, 1.54) is 116 Å². The number of rotatable bonds is 3. The monoisotopic (exact) mass is 661 g/mol. The van der Waals surface area contributed by atoms with E-state index in [0.717, 1.165) is 107 Å². The van der Waals surface area contributed by atoms with Crippen LogP contribution in [0.1, 0.15) is 116 Å². The van der Waals surface area contributed by atoms with Crippen molar-refractivity contribution >= 4 is 0 Å². The summed E-state index contributed by atoms with van der Waals surface area (Å²) in [6.45, 7) is 7.56. The maximum Gasteiger partial charge on any atom is 0.0254 e. The molecule has 48 heavy (non-hydrogen) atoms. The predicted molar refractivity (Wildman–Crippen MR) is 196 cm³/mol. The average molecular weight is 661 g/mol. The molecule has 6 heteroatoms. The highest BCUT2D eigenvalue weighted by Gasteiger charge is 2.55. The minimum absolute atomic E-state index is 0.744. The molecule has 6 heterocycles. The summed E-state index contributed by atoms with van der Waals surface area (Å²) in [5.41, 5.74) is 0. The second-order valence-electron chi connectivity index (χ2n) is 19.7. The molecule has 6 nitrogen and oxygen atoms in total. The lowest BCUT2D eigenvalue weighted by Crippen LogP contribution is -2.66. The highest BCUT2D eigenvalue weighted by Crippen LogP contribution is 2.58. The van der Waals surface area contributed by atoms with Crippen molar-refractivity contribution in [1.82, 2.24) is 31.9 Å². The van der Waals surface area contributed by atoms with E-state index in [0.29, 0.717) is 0 Å². The quantitative estimate of drug-likeness (QED) is 0.248. The molecule has 15 atom stereocenters. The molecule has 0 aromatic rings. The Morgan fingerprint density at radius 3 is 0.812 bits per heavy atom. The van der Waals surface area contributed by atoms with Gasteiger partial charge in [-0.2, -0.15) is 0 Å². The highest BCUT2D eigenvalue weighted by atomic mass is 15.1. The van der Waals surface area contributed by atoms with Crippen molar-refractivity contribution in [2.24, 2.45) is 71.0 Å². The maximum absolute atomic E-state index is 4.18. The van der Waals surface area contributed by atoms with Gasteiger partial charge >= 0.3 is 0 Å². The summed E-state index contributed by atoms with van der Waals surface area (Å²) in [4.78, 5) is 0. The van der Waals surface area contributed by atoms with Crippen molar-refractivity contribution in [3.05, 3.63) is 0 Å². The minimum atomic E-state index is 0.744. The van der Waals surface area contributed by atoms with Crippen LogP contribution in [-0.4, -0.2) is 75.5 Å². The van der Waals surface area contributed by atoms with E-state index >= 15 is 0 Å². The molecule has 6 N–H and O–H groups in total. The van der Waals surface area contributed by atoms with Gasteiger partial charge in [-0.05, 0) is 226 Å². The third kappa shape index (κ3) is 5.80. The van der Waals surface area contributed by atoms with E-state index in [2.05, 4.69) is 31.9 Å². The van der Waals surface area contributed by atoms with Gasteiger partial charge < -0.3 is 31.9 Å². The lowest BCUT2D eigenvalue weighted by molar-refractivity contribution is -0.0638. The van der Waals surface area contributed by atoms with Crippen LogP contribution in [0, 0.1) is 71.0 Å². The number of hydrogen-bond acceptors (Lipinski definition) is 6. The first-order valence-electron chi connectivity index (χ1n) is 22.2. The number of nitrogens with one attached hydrogen (secondary N) is 6. The van der Waals surface area contributed by atoms with Crippen LogP contribution in [0.25, 0.3) is 0 Å². The van der Waals surface area contributed by atoms with E-state index in [-0.39, 0.29) is 0 Å². The lowest BCUT2D eigenvalue weighted by atomic mass is 9.50. The van der Waals surface area contributed by atoms with Gasteiger partial charge in [0.2, 0.25) is 0 Å². The molecule has 15 unspecified atom stereocenters. The topological polar surface area (TPSA) is 72.2 Å². The van der Waals surface area contributed by atoms with E-state index in [1.54, 1.807) is 38.5 Å². The van der Waals surface area contributed by atoms with Crippen LogP contribution < -0.4 is 31.9 Å². The van der Waals surface area contributed by atoms with Crippen molar-refractivity contribution in [2.75, 3.05) is 39.3 Å². The molecule has 0 aromatic carbocycles. The predicted octanol–water partition coefficient (Wildman–Crippen LogP) is 5.29. The Morgan fingerprint density at radius 2 is 0.500 bits per heavy atom. The van der Waals surface area contributed by atoms with Crippen LogP contribution in [0.3, 0.4) is 0 Å². The molecule has 0 spiro atoms. The molecule has 4 saturated carbocycles. The van der Waals surface area contributed by atoms with Crippen LogP contribution in [0.2, 0.25) is 0 Å². The third-order valence-corrected chi connectivity index (χ3v) is 17.8. The number of piperidine rings is 6. The summed E-state index contributed by atoms with van der Waals surface area (Å²) < 4.78 is 0. The Balaban J connectivity index is 0.985. The van der Waals surface area contributed by atoms with Crippen LogP contribution in [-0.2, 0) is 0 Å². The molecule has 10 fully saturated rings. The van der Waals surface area contributed by atoms with Crippen molar-refractivity contribution in [3.8, 4) is 0 Å². The average Bonchev–Trinajstić information content (AvgIpc) is 3.16. The van der Waals surface area contributed by atoms with Gasteiger partial charge in [-0.25, -0.2) is 0 Å². The Labute approximate surface area is 293 Å². The molecule has 10 rings (SSSR count). The molecule has 10 aliphatic rings. The summed E-state index contributed by atoms with van der Waals surface area (Å²) in [5, 5.41) is 24.8. The van der Waals surface area contributed by atoms with Crippen LogP contribution in [0.15, 0.2) is 0 Å². The molecule has 6 aliphatic heterocycles. The highest BCUT2D eigenvalue weighted by molar-refractivity contribution is 5.10. The van der Waals surface area contributed by atoms with Crippen LogP contribution >= 0.6 is 0 Å². The first-order chi connectivity index (χ1) is 23.8. The van der Waals surface area contributed by atoms with E-state index in [9.17, 15) is 0 Å². The summed E-state index contributed by atoms with van der Waals surface area (Å²) in [7, 11) is 0. The smallest absolute Gasteiger partial charge is 0.0254 e. The Morgan fingerprint density at radius 1 is 0.229 bits per heavy atom. The SMILES string of the molecule is C1CNC2C(C1)CC(C1CC(C3CC4CCCNC4C4NCCCC34)CC(C3CC4CCCNC4C4NCCCC34)C1)C1CCCNC12. The third-order valence-electron chi connectivity index (χ3n) is 17.8. The van der Waals surface area contributed by atoms with Crippen molar-refractivity contribution in [1.29, 1.82) is 0 Å². The van der Waals surface area contributed by atoms with Crippen LogP contribution in [0.5, 0.6) is 0 Å². The fourth-order valence-corrected chi connectivity index (χ4v) is 16.1. The van der Waals surface area contributed by atoms with Crippen LogP contribution in [0.4, 0.5) is 0 Å². The summed E-state index contributed by atoms with van der Waals surface area (Å²) >= 11 is 0. The lowest BCUT2D eigenvalue weighted by Gasteiger charge is -2.59. The maximum atomic E-state index is 4.18. The van der Waals surface area contributed by atoms with Crippen molar-refractivity contribution < 1.29 is 0 Å². The number of hydrogen-bond donors (Lipinski definition) is 6. The molecule has 270 valence electrons. The van der Waals surface area contributed by atoms with Gasteiger partial charge in [0, 0.05) is 36.3 Å². The Kier molecular flexibility index (Phi) is 9.42. The zero-order valence-corrected chi connectivity index (χ0v) is 30.4. The van der Waals surface area contributed by atoms with Gasteiger partial charge in [0.15, 0.2) is 0 Å². The van der Waals surface area contributed by atoms with Gasteiger partial charge in [-0.15, -0.1) is 0 Å². The second-order valence-corrected chi connectivity index (χ2v) is 19.7. The standard InChI is InChI=1S/C42H72N6/c1-7-25-22-34(31-10-4-16-46-40(31)37(25)43-13-1)28-19-29(35-23-26-8-2-14-44-38(26)41-32(35)11-5-17-47-41)21-30(20-28)36-24-27-9-3-15-45-39(27)42-33(36)12-6-18-48-42/h25-48H,1-24H2. The second kappa shape index (κ2) is 14.0. The van der Waals surface area contributed by atoms with Gasteiger partial charge in [0.25, 0.3) is 0 Å². The summed E-state index contributed by atoms with van der Waals surface area (Å²) in [6.07, 6.45) is 26.8. The summed E-state index contributed by atoms with van der Waals surface area (Å²) in [5.74, 6) is 11.3. The van der Waals surface area contributed by atoms with Crippen molar-refractivity contribution in [2.45, 2.75) is 152 Å². The summed E-state index contributed by atoms with van der Waals surface area (Å²) in [6, 6.07) is 4.49. The normalized spacial score (nSPS) is 55.5. The van der Waals surface area contributed by atoms with Gasteiger partial charge in [-0.1, -0.05) is 0 Å². The van der Waals surface area contributed by atoms with E-state index < -0.39 is 0 Å². The van der Waals surface area contributed by atoms with Gasteiger partial charge in [-0.3, -0.25) is 0 Å². The minimum Gasteiger partial charge on any atom is -0.312 e. The van der Waals surface area contributed by atoms with Gasteiger partial charge in [0.1, 0.15) is 0 Å². The molecule has 4 aliphatic carbocycles. The zero-order valence-electron chi connectivity index (χ0n) is 30.4. The molecular formula is C42H72N6. The molecule has 0 radical (unpaired) electrons. The molecule has 0 amide bonds. The Hall–Kier alpha value is -0.240. The molecule has 0 bridgehead atoms. The molecular weight excluding hydrogens is 589 g/mol. The number of fused-ring (bicyclic) bond motifs is 9. The van der Waals surface area contributed by atoms with Crippen molar-refractivity contribution in [3.63, 3.8) is 0 Å².